The maximum Gasteiger partial charge on any atom is 0.306 e. The van der Waals surface area contributed by atoms with Gasteiger partial charge in [-0.15, -0.1) is 5.10 Å². The highest BCUT2D eigenvalue weighted by Gasteiger charge is 2.30. The van der Waals surface area contributed by atoms with E-state index < -0.39 is 0 Å². The largest absolute Gasteiger partial charge is 0.493 e. The Kier molecular flexibility index (Phi) is 8.71. The van der Waals surface area contributed by atoms with E-state index in [2.05, 4.69) is 10.3 Å². The number of esters is 1. The lowest BCUT2D eigenvalue weighted by Gasteiger charge is -2.19. The number of nitrogens with zero attached hydrogens (tertiary/aromatic N) is 3. The van der Waals surface area contributed by atoms with E-state index in [0.717, 1.165) is 27.8 Å². The third-order valence-electron chi connectivity index (χ3n) is 7.39. The number of aryl methyl sites for hydroxylation is 2. The Morgan fingerprint density at radius 2 is 1.69 bits per heavy atom. The van der Waals surface area contributed by atoms with Gasteiger partial charge in [0.05, 0.1) is 46.6 Å². The molecule has 10 heteroatoms. The quantitative estimate of drug-likeness (QED) is 0.253. The average Bonchev–Trinajstić information content (AvgIpc) is 3.35. The zero-order chi connectivity index (χ0) is 29.6. The van der Waals surface area contributed by atoms with Crippen molar-refractivity contribution in [2.45, 2.75) is 38.3 Å². The summed E-state index contributed by atoms with van der Waals surface area (Å²) in [7, 11) is 6.19. The summed E-state index contributed by atoms with van der Waals surface area (Å²) >= 11 is 0. The van der Waals surface area contributed by atoms with Gasteiger partial charge in [0.1, 0.15) is 6.61 Å². The average molecular weight is 572 g/mol. The summed E-state index contributed by atoms with van der Waals surface area (Å²) in [5.41, 5.74) is 4.64. The van der Waals surface area contributed by atoms with Crippen LogP contribution >= 0.6 is 0 Å². The minimum absolute atomic E-state index is 0.172. The third kappa shape index (κ3) is 5.79. The molecule has 0 radical (unpaired) electrons. The zero-order valence-electron chi connectivity index (χ0n) is 24.1. The lowest BCUT2D eigenvalue weighted by molar-refractivity contribution is -0.144. The fourth-order valence-corrected chi connectivity index (χ4v) is 5.34. The number of carbonyl (C=O) groups is 1. The smallest absolute Gasteiger partial charge is 0.306 e. The lowest BCUT2D eigenvalue weighted by Crippen LogP contribution is -2.13. The van der Waals surface area contributed by atoms with Crippen molar-refractivity contribution in [1.29, 1.82) is 0 Å². The number of carbonyl (C=O) groups excluding carboxylic acids is 1. The Morgan fingerprint density at radius 1 is 0.929 bits per heavy atom. The first-order valence-corrected chi connectivity index (χ1v) is 13.6. The van der Waals surface area contributed by atoms with E-state index in [0.29, 0.717) is 42.2 Å². The van der Waals surface area contributed by atoms with E-state index in [1.165, 1.54) is 7.11 Å². The van der Waals surface area contributed by atoms with Crippen molar-refractivity contribution < 1.29 is 28.5 Å². The van der Waals surface area contributed by atoms with Gasteiger partial charge in [-0.1, -0.05) is 41.6 Å². The molecule has 3 aromatic carbocycles. The summed E-state index contributed by atoms with van der Waals surface area (Å²) in [5.74, 6) is 1.44. The van der Waals surface area contributed by atoms with Gasteiger partial charge >= 0.3 is 5.97 Å². The van der Waals surface area contributed by atoms with Crippen LogP contribution in [-0.2, 0) is 29.0 Å². The van der Waals surface area contributed by atoms with Gasteiger partial charge < -0.3 is 23.7 Å². The van der Waals surface area contributed by atoms with E-state index in [-0.39, 0.29) is 36.2 Å². The second-order valence-corrected chi connectivity index (χ2v) is 9.85. The van der Waals surface area contributed by atoms with Crippen molar-refractivity contribution in [2.24, 2.45) is 0 Å². The zero-order valence-corrected chi connectivity index (χ0v) is 24.1. The second-order valence-electron chi connectivity index (χ2n) is 9.85. The van der Waals surface area contributed by atoms with Gasteiger partial charge in [0, 0.05) is 18.2 Å². The molecule has 1 heterocycles. The van der Waals surface area contributed by atoms with E-state index in [1.807, 2.05) is 48.7 Å². The van der Waals surface area contributed by atoms with Crippen molar-refractivity contribution in [3.8, 4) is 34.1 Å². The van der Waals surface area contributed by atoms with E-state index in [9.17, 15) is 9.59 Å². The molecule has 1 aliphatic carbocycles. The minimum Gasteiger partial charge on any atom is -0.493 e. The van der Waals surface area contributed by atoms with E-state index >= 15 is 0 Å². The number of ether oxygens (including phenoxy) is 5. The van der Waals surface area contributed by atoms with E-state index in [4.69, 9.17) is 23.7 Å². The molecule has 5 rings (SSSR count). The number of hydrogen-bond donors (Lipinski definition) is 0. The number of hydrogen-bond acceptors (Lipinski definition) is 9. The summed E-state index contributed by atoms with van der Waals surface area (Å²) in [6.45, 7) is 0.225. The Labute approximate surface area is 243 Å². The molecule has 0 saturated heterocycles. The molecule has 10 nitrogen and oxygen atoms in total. The minimum atomic E-state index is -0.329. The first-order chi connectivity index (χ1) is 20.5. The lowest BCUT2D eigenvalue weighted by atomic mass is 9.95. The normalized spacial score (nSPS) is 13.8. The molecule has 0 spiro atoms. The molecule has 0 bridgehead atoms. The Morgan fingerprint density at radius 3 is 2.40 bits per heavy atom. The highest BCUT2D eigenvalue weighted by molar-refractivity contribution is 5.82. The summed E-state index contributed by atoms with van der Waals surface area (Å²) < 4.78 is 29.7. The molecule has 1 aromatic heterocycles. The third-order valence-corrected chi connectivity index (χ3v) is 7.39. The van der Waals surface area contributed by atoms with Crippen LogP contribution in [0.2, 0.25) is 0 Å². The number of methoxy groups -OCH3 is 4. The van der Waals surface area contributed by atoms with Gasteiger partial charge in [0.2, 0.25) is 11.2 Å². The highest BCUT2D eigenvalue weighted by Crippen LogP contribution is 2.50. The molecule has 0 N–H and O–H groups in total. The molecule has 0 unspecified atom stereocenters. The van der Waals surface area contributed by atoms with Crippen LogP contribution in [0, 0.1) is 0 Å². The molecular weight excluding hydrogens is 538 g/mol. The molecule has 1 aliphatic rings. The van der Waals surface area contributed by atoms with E-state index in [1.54, 1.807) is 38.1 Å². The van der Waals surface area contributed by atoms with Gasteiger partial charge in [-0.05, 0) is 53.3 Å². The summed E-state index contributed by atoms with van der Waals surface area (Å²) in [6.07, 6.45) is 3.63. The van der Waals surface area contributed by atoms with Crippen LogP contribution in [0.5, 0.6) is 23.0 Å². The van der Waals surface area contributed by atoms with Crippen LogP contribution in [-0.4, -0.2) is 49.4 Å². The van der Waals surface area contributed by atoms with Crippen LogP contribution in [0.25, 0.3) is 11.1 Å². The second kappa shape index (κ2) is 12.8. The SMILES string of the molecule is COc1cc2c(c(OC)c1OC)-c1ccc(OC)c(=O)cc1[C@@H](n1cc(CCC(=O)OCc3ccccc3)nn1)CC2. The first-order valence-electron chi connectivity index (χ1n) is 13.6. The van der Waals surface area contributed by atoms with Crippen LogP contribution in [0.3, 0.4) is 0 Å². The van der Waals surface area contributed by atoms with Crippen LogP contribution in [0.4, 0.5) is 0 Å². The van der Waals surface area contributed by atoms with Crippen molar-refractivity contribution in [2.75, 3.05) is 28.4 Å². The molecule has 1 atom stereocenters. The highest BCUT2D eigenvalue weighted by atomic mass is 16.5. The Balaban J connectivity index is 1.48. The fourth-order valence-electron chi connectivity index (χ4n) is 5.34. The van der Waals surface area contributed by atoms with Gasteiger partial charge in [-0.2, -0.15) is 0 Å². The maximum absolute atomic E-state index is 13.2. The number of benzene rings is 2. The molecule has 4 aromatic rings. The van der Waals surface area contributed by atoms with Crippen LogP contribution in [0.15, 0.2) is 65.6 Å². The molecule has 0 saturated carbocycles. The van der Waals surface area contributed by atoms with Crippen LogP contribution in [0.1, 0.15) is 41.3 Å². The molecular formula is C32H33N3O7. The molecule has 42 heavy (non-hydrogen) atoms. The fraction of sp³-hybridized carbons (Fsp3) is 0.312. The van der Waals surface area contributed by atoms with Gasteiger partial charge in [-0.25, -0.2) is 4.68 Å². The molecule has 218 valence electrons. The van der Waals surface area contributed by atoms with Crippen molar-refractivity contribution in [3.63, 3.8) is 0 Å². The van der Waals surface area contributed by atoms with Crippen molar-refractivity contribution >= 4 is 5.97 Å². The molecule has 0 aliphatic heterocycles. The predicted molar refractivity (Wildman–Crippen MR) is 155 cm³/mol. The molecule has 0 fully saturated rings. The summed E-state index contributed by atoms with van der Waals surface area (Å²) in [4.78, 5) is 25.5. The molecule has 0 amide bonds. The van der Waals surface area contributed by atoms with Gasteiger partial charge in [0.15, 0.2) is 17.2 Å². The number of aromatic nitrogens is 3. The van der Waals surface area contributed by atoms with Crippen molar-refractivity contribution in [1.82, 2.24) is 15.0 Å². The van der Waals surface area contributed by atoms with Crippen molar-refractivity contribution in [3.05, 3.63) is 93.4 Å². The Hall–Kier alpha value is -4.86. The standard InChI is InChI=1S/C32H33N3O7/c1-38-27-14-12-23-24(17-26(27)36)25(13-10-21-16-28(39-2)31(40-3)32(41-4)30(21)23)35-18-22(33-34-35)11-15-29(37)42-19-20-8-6-5-7-9-20/h5-9,12,14,16-18,25H,10-11,13,15,19H2,1-4H3/t25-/m0/s1. The van der Waals surface area contributed by atoms with Crippen LogP contribution < -0.4 is 24.4 Å². The summed E-state index contributed by atoms with van der Waals surface area (Å²) in [5, 5.41) is 8.75. The van der Waals surface area contributed by atoms with Gasteiger partial charge in [0.25, 0.3) is 0 Å². The monoisotopic (exact) mass is 571 g/mol. The predicted octanol–water partition coefficient (Wildman–Crippen LogP) is 4.55. The number of rotatable bonds is 10. The first kappa shape index (κ1) is 28.7. The Bertz CT molecular complexity index is 1640. The topological polar surface area (TPSA) is 111 Å². The maximum atomic E-state index is 13.2. The summed E-state index contributed by atoms with van der Waals surface area (Å²) in [6, 6.07) is 16.3. The number of fused-ring (bicyclic) bond motifs is 3. The van der Waals surface area contributed by atoms with Gasteiger partial charge in [-0.3, -0.25) is 9.59 Å².